The number of allylic oxidation sites excluding steroid dienone is 1. The van der Waals surface area contributed by atoms with E-state index >= 15 is 0 Å². The fourth-order valence-electron chi connectivity index (χ4n) is 9.03. The predicted molar refractivity (Wildman–Crippen MR) is 213 cm³/mol. The number of hydrogen-bond donors (Lipinski definition) is 2. The third kappa shape index (κ3) is 8.78. The zero-order valence-corrected chi connectivity index (χ0v) is 33.8. The molecule has 2 saturated carbocycles. The molecule has 12 nitrogen and oxygen atoms in total. The molecular weight excluding hydrogens is 742 g/mol. The van der Waals surface area contributed by atoms with Gasteiger partial charge in [-0.05, 0) is 116 Å². The van der Waals surface area contributed by atoms with Gasteiger partial charge in [-0.3, -0.25) is 9.52 Å². The molecule has 4 amide bonds. The molecule has 2 fully saturated rings. The highest BCUT2D eigenvalue weighted by molar-refractivity contribution is 7.92. The number of halogens is 1. The van der Waals surface area contributed by atoms with Crippen LogP contribution in [0.5, 0.6) is 5.75 Å². The molecule has 55 heavy (non-hydrogen) atoms. The van der Waals surface area contributed by atoms with Crippen molar-refractivity contribution < 1.29 is 32.8 Å². The fraction of sp³-hybridized carbons (Fsp3) is 0.585. The average Bonchev–Trinajstić information content (AvgIpc) is 3.26. The van der Waals surface area contributed by atoms with Crippen molar-refractivity contribution in [3.63, 3.8) is 0 Å². The zero-order valence-electron chi connectivity index (χ0n) is 32.3. The predicted octanol–water partition coefficient (Wildman–Crippen LogP) is 6.75. The number of aryl methyl sites for hydroxylation is 1. The van der Waals surface area contributed by atoms with Crippen molar-refractivity contribution in [2.75, 3.05) is 58.2 Å². The number of carbonyl (C=O) groups excluding carboxylic acids is 3. The molecule has 0 saturated heterocycles. The lowest BCUT2D eigenvalue weighted by Crippen LogP contribution is -2.51. The highest BCUT2D eigenvalue weighted by atomic mass is 35.5. The highest BCUT2D eigenvalue weighted by Crippen LogP contribution is 2.47. The van der Waals surface area contributed by atoms with Gasteiger partial charge in [-0.2, -0.15) is 0 Å². The quantitative estimate of drug-likeness (QED) is 0.317. The molecule has 2 aromatic carbocycles. The topological polar surface area (TPSA) is 139 Å². The normalized spacial score (nSPS) is 32.2. The lowest BCUT2D eigenvalue weighted by Gasteiger charge is -2.46. The van der Waals surface area contributed by atoms with Crippen molar-refractivity contribution >= 4 is 45.2 Å². The van der Waals surface area contributed by atoms with Crippen LogP contribution in [0.25, 0.3) is 0 Å². The minimum absolute atomic E-state index is 0.0138. The summed E-state index contributed by atoms with van der Waals surface area (Å²) in [6.07, 6.45) is 10.6. The SMILES string of the molecule is CO[C@H]1/C=C/C[C@H](C)C[S@@](=O)(NC(=O)N[C@H]2C[C@H](COC(=O)N(C)C)C2)=NC(=O)c2ccc3c(c2)N(C[C@@H]2CC[C@H]21)C[C@@]1(CCCc2cc(Cl)ccc21)CO3. The monoisotopic (exact) mass is 795 g/mol. The summed E-state index contributed by atoms with van der Waals surface area (Å²) in [6.45, 7) is 4.17. The maximum atomic E-state index is 14.5. The Morgan fingerprint density at radius 3 is 2.73 bits per heavy atom. The maximum Gasteiger partial charge on any atom is 0.409 e. The molecule has 1 spiro atoms. The Bertz CT molecular complexity index is 1940. The number of hydrogen-bond acceptors (Lipinski definition) is 8. The van der Waals surface area contributed by atoms with Crippen LogP contribution in [0.15, 0.2) is 52.9 Å². The number of amides is 4. The van der Waals surface area contributed by atoms with E-state index in [0.717, 1.165) is 49.4 Å². The maximum absolute atomic E-state index is 14.5. The van der Waals surface area contributed by atoms with Crippen molar-refractivity contribution in [3.8, 4) is 5.75 Å². The summed E-state index contributed by atoms with van der Waals surface area (Å²) in [5, 5.41) is 3.61. The molecule has 2 bridgehead atoms. The Morgan fingerprint density at radius 1 is 1.16 bits per heavy atom. The molecule has 14 heteroatoms. The Balaban J connectivity index is 1.17. The van der Waals surface area contributed by atoms with E-state index < -0.39 is 27.9 Å². The van der Waals surface area contributed by atoms with Gasteiger partial charge < -0.3 is 29.3 Å². The summed E-state index contributed by atoms with van der Waals surface area (Å²) in [5.41, 5.74) is 3.34. The first-order chi connectivity index (χ1) is 26.3. The molecule has 7 rings (SSSR count). The van der Waals surface area contributed by atoms with Crippen LogP contribution < -0.4 is 19.7 Å². The first kappa shape index (κ1) is 39.4. The Hall–Kier alpha value is -3.81. The summed E-state index contributed by atoms with van der Waals surface area (Å²) < 4.78 is 39.4. The molecule has 0 aromatic heterocycles. The van der Waals surface area contributed by atoms with Crippen LogP contribution in [-0.2, 0) is 31.2 Å². The first-order valence-corrected chi connectivity index (χ1v) is 21.6. The van der Waals surface area contributed by atoms with Crippen LogP contribution in [0.2, 0.25) is 5.02 Å². The van der Waals surface area contributed by atoms with Crippen LogP contribution in [0.1, 0.15) is 73.4 Å². The van der Waals surface area contributed by atoms with E-state index in [9.17, 15) is 18.6 Å². The number of urea groups is 1. The second kappa shape index (κ2) is 16.3. The molecule has 2 aliphatic heterocycles. The van der Waals surface area contributed by atoms with Crippen LogP contribution in [0, 0.1) is 23.7 Å². The summed E-state index contributed by atoms with van der Waals surface area (Å²) in [6, 6.07) is 10.7. The number of nitrogens with zero attached hydrogens (tertiary/aromatic N) is 3. The number of benzene rings is 2. The molecule has 2 aromatic rings. The average molecular weight is 796 g/mol. The molecule has 5 aliphatic rings. The van der Waals surface area contributed by atoms with Crippen LogP contribution in [0.4, 0.5) is 15.3 Å². The molecular formula is C41H54ClN5O7S. The van der Waals surface area contributed by atoms with Gasteiger partial charge in [0.25, 0.3) is 5.91 Å². The van der Waals surface area contributed by atoms with Crippen molar-refractivity contribution in [3.05, 3.63) is 70.3 Å². The molecule has 6 atom stereocenters. The lowest BCUT2D eigenvalue weighted by atomic mass is 9.68. The minimum Gasteiger partial charge on any atom is -0.490 e. The third-order valence-electron chi connectivity index (χ3n) is 12.1. The van der Waals surface area contributed by atoms with Gasteiger partial charge in [0.2, 0.25) is 0 Å². The van der Waals surface area contributed by atoms with Crippen LogP contribution >= 0.6 is 11.6 Å². The summed E-state index contributed by atoms with van der Waals surface area (Å²) in [7, 11) is 1.45. The summed E-state index contributed by atoms with van der Waals surface area (Å²) in [5.74, 6) is 0.672. The van der Waals surface area contributed by atoms with Crippen molar-refractivity contribution in [1.29, 1.82) is 0 Å². The molecule has 2 N–H and O–H groups in total. The number of nitrogens with one attached hydrogen (secondary N) is 2. The van der Waals surface area contributed by atoms with E-state index in [-0.39, 0.29) is 47.3 Å². The van der Waals surface area contributed by atoms with Crippen LogP contribution in [-0.4, -0.2) is 92.5 Å². The van der Waals surface area contributed by atoms with Gasteiger partial charge >= 0.3 is 12.1 Å². The second-order valence-corrected chi connectivity index (χ2v) is 19.0. The van der Waals surface area contributed by atoms with Gasteiger partial charge in [0, 0.05) is 56.3 Å². The van der Waals surface area contributed by atoms with Gasteiger partial charge in [-0.25, -0.2) is 13.8 Å². The third-order valence-corrected chi connectivity index (χ3v) is 14.4. The largest absolute Gasteiger partial charge is 0.490 e. The first-order valence-electron chi connectivity index (χ1n) is 19.6. The lowest BCUT2D eigenvalue weighted by molar-refractivity contribution is 0.0131. The zero-order chi connectivity index (χ0) is 38.9. The van der Waals surface area contributed by atoms with Gasteiger partial charge in [0.05, 0.1) is 30.8 Å². The Morgan fingerprint density at radius 2 is 1.98 bits per heavy atom. The van der Waals surface area contributed by atoms with E-state index in [1.165, 1.54) is 16.0 Å². The highest BCUT2D eigenvalue weighted by Gasteiger charge is 2.44. The Kier molecular flexibility index (Phi) is 11.7. The molecule has 3 aliphatic carbocycles. The van der Waals surface area contributed by atoms with Crippen molar-refractivity contribution in [2.45, 2.75) is 75.9 Å². The number of anilines is 1. The van der Waals surface area contributed by atoms with Crippen LogP contribution in [0.3, 0.4) is 0 Å². The standard InChI is InChI=1S/C41H54ClN5O7S/c1-26-7-5-9-36(52-4)33-13-10-30(33)21-47-24-41(16-6-8-28-19-31(42)12-14-34(28)41)25-54-37-15-11-29(20-35(37)47)38(48)44-55(51,23-26)45-39(49)43-32-17-27(18-32)22-53-40(50)46(2)3/h5,9,11-12,14-15,19-20,26-27,30,32-33,36H,6-8,10,13,16-18,21-25H2,1-4H3,(H2,43,44,45,48,49,51)/b9-5+/t26-,27-,30-,32-,33+,36-,41-,55-/m0/s1. The van der Waals surface area contributed by atoms with Gasteiger partial charge in [0.15, 0.2) is 0 Å². The van der Waals surface area contributed by atoms with E-state index in [1.54, 1.807) is 27.3 Å². The number of rotatable bonds is 5. The van der Waals surface area contributed by atoms with Gasteiger partial charge in [-0.15, -0.1) is 4.36 Å². The molecule has 298 valence electrons. The fourth-order valence-corrected chi connectivity index (χ4v) is 11.1. The van der Waals surface area contributed by atoms with E-state index in [0.29, 0.717) is 50.0 Å². The van der Waals surface area contributed by atoms with E-state index in [1.807, 2.05) is 25.1 Å². The summed E-state index contributed by atoms with van der Waals surface area (Å²) >= 11 is 6.46. The van der Waals surface area contributed by atoms with Gasteiger partial charge in [0.1, 0.15) is 15.7 Å². The molecule has 0 radical (unpaired) electrons. The Labute approximate surface area is 330 Å². The van der Waals surface area contributed by atoms with Crippen molar-refractivity contribution in [2.24, 2.45) is 28.0 Å². The number of methoxy groups -OCH3 is 1. The van der Waals surface area contributed by atoms with E-state index in [4.69, 9.17) is 25.8 Å². The van der Waals surface area contributed by atoms with E-state index in [2.05, 4.69) is 43.6 Å². The van der Waals surface area contributed by atoms with Crippen molar-refractivity contribution in [1.82, 2.24) is 14.9 Å². The molecule has 0 unspecified atom stereocenters. The number of ether oxygens (including phenoxy) is 3. The van der Waals surface area contributed by atoms with Gasteiger partial charge in [-0.1, -0.05) is 36.7 Å². The molecule has 2 heterocycles. The summed E-state index contributed by atoms with van der Waals surface area (Å²) in [4.78, 5) is 42.9. The minimum atomic E-state index is -3.55. The smallest absolute Gasteiger partial charge is 0.409 e. The number of fused-ring (bicyclic) bond motifs is 4. The second-order valence-electron chi connectivity index (χ2n) is 16.5. The number of carbonyl (C=O) groups is 3.